The van der Waals surface area contributed by atoms with Crippen molar-refractivity contribution in [1.29, 1.82) is 0 Å². The van der Waals surface area contributed by atoms with E-state index in [1.165, 1.54) is 12.1 Å². The molecule has 0 aliphatic carbocycles. The van der Waals surface area contributed by atoms with Crippen LogP contribution in [0.1, 0.15) is 16.7 Å². The molecule has 0 saturated carbocycles. The Morgan fingerprint density at radius 1 is 1.22 bits per heavy atom. The zero-order valence-electron chi connectivity index (χ0n) is 13.0. The molecule has 23 heavy (non-hydrogen) atoms. The normalized spacial score (nSPS) is 17.0. The van der Waals surface area contributed by atoms with Crippen LogP contribution in [0.3, 0.4) is 0 Å². The molecule has 1 atom stereocenters. The third-order valence-corrected chi connectivity index (χ3v) is 3.99. The Morgan fingerprint density at radius 3 is 2.65 bits per heavy atom. The van der Waals surface area contributed by atoms with E-state index in [9.17, 15) is 13.2 Å². The van der Waals surface area contributed by atoms with Gasteiger partial charge >= 0.3 is 6.18 Å². The summed E-state index contributed by atoms with van der Waals surface area (Å²) in [6, 6.07) is 9.86. The number of halogens is 3. The number of rotatable bonds is 3. The average Bonchev–Trinajstić information content (AvgIpc) is 2.88. The Morgan fingerprint density at radius 2 is 2.00 bits per heavy atom. The maximum absolute atomic E-state index is 13.2. The lowest BCUT2D eigenvalue weighted by molar-refractivity contribution is -0.137. The third kappa shape index (κ3) is 3.20. The lowest BCUT2D eigenvalue weighted by Gasteiger charge is -2.15. The molecular formula is C18H18F3NO. The van der Waals surface area contributed by atoms with Gasteiger partial charge in [-0.3, -0.25) is 0 Å². The van der Waals surface area contributed by atoms with Crippen LogP contribution in [0.2, 0.25) is 0 Å². The molecule has 1 aliphatic rings. The van der Waals surface area contributed by atoms with Gasteiger partial charge in [0, 0.05) is 18.5 Å². The summed E-state index contributed by atoms with van der Waals surface area (Å²) in [6.45, 7) is 2.52. The number of likely N-dealkylation sites (N-methyl/N-ethyl adjacent to an activating group) is 1. The molecule has 0 fully saturated rings. The second kappa shape index (κ2) is 5.89. The molecule has 2 aromatic rings. The molecule has 1 unspecified atom stereocenters. The van der Waals surface area contributed by atoms with Gasteiger partial charge in [0.15, 0.2) is 0 Å². The summed E-state index contributed by atoms with van der Waals surface area (Å²) in [7, 11) is 1.80. The predicted molar refractivity (Wildman–Crippen MR) is 83.7 cm³/mol. The van der Waals surface area contributed by atoms with Gasteiger partial charge in [-0.15, -0.1) is 0 Å². The summed E-state index contributed by atoms with van der Waals surface area (Å²) in [4.78, 5) is 0. The Balaban J connectivity index is 2.13. The molecule has 1 aliphatic heterocycles. The summed E-state index contributed by atoms with van der Waals surface area (Å²) in [5.41, 5.74) is 2.26. The van der Waals surface area contributed by atoms with Crippen molar-refractivity contribution in [3.8, 4) is 16.9 Å². The molecule has 3 rings (SSSR count). The minimum atomic E-state index is -4.37. The lowest BCUT2D eigenvalue weighted by Crippen LogP contribution is -2.27. The number of hydrogen-bond donors (Lipinski definition) is 1. The fourth-order valence-electron chi connectivity index (χ4n) is 2.97. The molecule has 2 nitrogen and oxygen atoms in total. The van der Waals surface area contributed by atoms with E-state index < -0.39 is 11.7 Å². The molecule has 122 valence electrons. The van der Waals surface area contributed by atoms with E-state index >= 15 is 0 Å². The average molecular weight is 321 g/mol. The first-order valence-corrected chi connectivity index (χ1v) is 7.51. The number of alkyl halides is 3. The van der Waals surface area contributed by atoms with Gasteiger partial charge in [-0.25, -0.2) is 0 Å². The van der Waals surface area contributed by atoms with Crippen LogP contribution < -0.4 is 10.1 Å². The molecule has 5 heteroatoms. The summed E-state index contributed by atoms with van der Waals surface area (Å²) < 4.78 is 45.6. The van der Waals surface area contributed by atoms with Crippen molar-refractivity contribution in [2.45, 2.75) is 25.6 Å². The van der Waals surface area contributed by atoms with Crippen LogP contribution in [0, 0.1) is 6.92 Å². The highest BCUT2D eigenvalue weighted by molar-refractivity contribution is 5.74. The molecule has 0 aromatic heterocycles. The first-order chi connectivity index (χ1) is 10.9. The van der Waals surface area contributed by atoms with Gasteiger partial charge in [0.1, 0.15) is 11.9 Å². The molecule has 1 N–H and O–H groups in total. The number of hydrogen-bond acceptors (Lipinski definition) is 2. The van der Waals surface area contributed by atoms with E-state index in [0.717, 1.165) is 11.1 Å². The fraction of sp³-hybridized carbons (Fsp3) is 0.333. The highest BCUT2D eigenvalue weighted by atomic mass is 19.4. The van der Waals surface area contributed by atoms with Crippen LogP contribution in [0.5, 0.6) is 5.75 Å². The van der Waals surface area contributed by atoms with Crippen LogP contribution in [-0.2, 0) is 12.6 Å². The van der Waals surface area contributed by atoms with Crippen molar-refractivity contribution in [3.63, 3.8) is 0 Å². The van der Waals surface area contributed by atoms with Gasteiger partial charge in [0.05, 0.1) is 5.56 Å². The Bertz CT molecular complexity index is 725. The molecule has 1 heterocycles. The first kappa shape index (κ1) is 15.9. The third-order valence-electron chi connectivity index (χ3n) is 3.99. The standard InChI is InChI=1S/C18H18F3NO/c1-11-4-3-5-12(6-11)16-9-14(18(19,20)21)7-13-8-15(10-22-2)23-17(13)16/h3-7,9,15,22H,8,10H2,1-2H3. The van der Waals surface area contributed by atoms with Crippen molar-refractivity contribution in [1.82, 2.24) is 5.32 Å². The quantitative estimate of drug-likeness (QED) is 0.914. The van der Waals surface area contributed by atoms with Crippen molar-refractivity contribution in [2.75, 3.05) is 13.6 Å². The van der Waals surface area contributed by atoms with Crippen molar-refractivity contribution < 1.29 is 17.9 Å². The lowest BCUT2D eigenvalue weighted by atomic mass is 9.96. The van der Waals surface area contributed by atoms with E-state index in [4.69, 9.17) is 4.74 Å². The van der Waals surface area contributed by atoms with Crippen molar-refractivity contribution >= 4 is 0 Å². The summed E-state index contributed by atoms with van der Waals surface area (Å²) in [5.74, 6) is 0.573. The smallest absolute Gasteiger partial charge is 0.416 e. The SMILES string of the molecule is CNCC1Cc2cc(C(F)(F)F)cc(-c3cccc(C)c3)c2O1. The molecule has 0 amide bonds. The van der Waals surface area contributed by atoms with E-state index in [-0.39, 0.29) is 6.10 Å². The summed E-state index contributed by atoms with van der Waals surface area (Å²) >= 11 is 0. The maximum atomic E-state index is 13.2. The highest BCUT2D eigenvalue weighted by Gasteiger charge is 2.35. The van der Waals surface area contributed by atoms with Gasteiger partial charge in [-0.2, -0.15) is 13.2 Å². The van der Waals surface area contributed by atoms with Gasteiger partial charge in [0.25, 0.3) is 0 Å². The van der Waals surface area contributed by atoms with Crippen LogP contribution in [0.25, 0.3) is 11.1 Å². The first-order valence-electron chi connectivity index (χ1n) is 7.51. The Kier molecular flexibility index (Phi) is 4.06. The molecule has 0 spiro atoms. The van der Waals surface area contributed by atoms with Gasteiger partial charge in [-0.05, 0) is 37.2 Å². The molecule has 2 aromatic carbocycles. The molecule has 0 saturated heterocycles. The molecule has 0 bridgehead atoms. The fourth-order valence-corrected chi connectivity index (χ4v) is 2.97. The highest BCUT2D eigenvalue weighted by Crippen LogP contribution is 2.43. The monoisotopic (exact) mass is 321 g/mol. The van der Waals surface area contributed by atoms with Crippen LogP contribution >= 0.6 is 0 Å². The van der Waals surface area contributed by atoms with E-state index in [0.29, 0.717) is 29.8 Å². The second-order valence-corrected chi connectivity index (χ2v) is 5.88. The summed E-state index contributed by atoms with van der Waals surface area (Å²) in [6.07, 6.45) is -4.02. The molecular weight excluding hydrogens is 303 g/mol. The van der Waals surface area contributed by atoms with Crippen LogP contribution in [0.4, 0.5) is 13.2 Å². The summed E-state index contributed by atoms with van der Waals surface area (Å²) in [5, 5.41) is 3.01. The van der Waals surface area contributed by atoms with Crippen molar-refractivity contribution in [2.24, 2.45) is 0 Å². The van der Waals surface area contributed by atoms with Crippen LogP contribution in [-0.4, -0.2) is 19.7 Å². The van der Waals surface area contributed by atoms with Gasteiger partial charge in [-0.1, -0.05) is 29.8 Å². The van der Waals surface area contributed by atoms with E-state index in [2.05, 4.69) is 5.32 Å². The number of ether oxygens (including phenoxy) is 1. The maximum Gasteiger partial charge on any atom is 0.416 e. The number of benzene rings is 2. The van der Waals surface area contributed by atoms with Gasteiger partial charge < -0.3 is 10.1 Å². The minimum Gasteiger partial charge on any atom is -0.488 e. The Hall–Kier alpha value is -2.01. The Labute approximate surface area is 133 Å². The number of fused-ring (bicyclic) bond motifs is 1. The van der Waals surface area contributed by atoms with E-state index in [1.54, 1.807) is 7.05 Å². The zero-order valence-corrected chi connectivity index (χ0v) is 13.0. The van der Waals surface area contributed by atoms with E-state index in [1.807, 2.05) is 31.2 Å². The zero-order chi connectivity index (χ0) is 16.6. The largest absolute Gasteiger partial charge is 0.488 e. The number of aryl methyl sites for hydroxylation is 1. The minimum absolute atomic E-state index is 0.137. The number of nitrogens with one attached hydrogen (secondary N) is 1. The topological polar surface area (TPSA) is 21.3 Å². The predicted octanol–water partition coefficient (Wildman–Crippen LogP) is 4.20. The molecule has 0 radical (unpaired) electrons. The second-order valence-electron chi connectivity index (χ2n) is 5.88. The van der Waals surface area contributed by atoms with Crippen LogP contribution in [0.15, 0.2) is 36.4 Å². The van der Waals surface area contributed by atoms with Gasteiger partial charge in [0.2, 0.25) is 0 Å². The van der Waals surface area contributed by atoms with Crippen molar-refractivity contribution in [3.05, 3.63) is 53.1 Å².